The molecule has 0 saturated carbocycles. The Morgan fingerprint density at radius 2 is 1.64 bits per heavy atom. The highest BCUT2D eigenvalue weighted by Crippen LogP contribution is 2.32. The van der Waals surface area contributed by atoms with E-state index < -0.39 is 0 Å². The molecule has 5 nitrogen and oxygen atoms in total. The smallest absolute Gasteiger partial charge is 0.251 e. The molecule has 2 aromatic carbocycles. The van der Waals surface area contributed by atoms with Crippen LogP contribution in [0.5, 0.6) is 0 Å². The molecule has 5 heteroatoms. The Balaban J connectivity index is 1.67. The minimum atomic E-state index is -0.389. The van der Waals surface area contributed by atoms with Crippen molar-refractivity contribution >= 4 is 28.3 Å². The van der Waals surface area contributed by atoms with Gasteiger partial charge in [-0.1, -0.05) is 36.4 Å². The molecule has 25 heavy (non-hydrogen) atoms. The highest BCUT2D eigenvalue weighted by atomic mass is 16.5. The van der Waals surface area contributed by atoms with Gasteiger partial charge in [0.05, 0.1) is 30.4 Å². The number of anilines is 1. The number of rotatable bonds is 2. The summed E-state index contributed by atoms with van der Waals surface area (Å²) in [6.45, 7) is 5.37. The fourth-order valence-corrected chi connectivity index (χ4v) is 4.03. The molecule has 0 unspecified atom stereocenters. The van der Waals surface area contributed by atoms with E-state index in [2.05, 4.69) is 4.90 Å². The van der Waals surface area contributed by atoms with Crippen molar-refractivity contribution < 1.29 is 14.3 Å². The lowest BCUT2D eigenvalue weighted by Crippen LogP contribution is -2.52. The van der Waals surface area contributed by atoms with E-state index in [9.17, 15) is 9.59 Å². The van der Waals surface area contributed by atoms with E-state index in [-0.39, 0.29) is 36.5 Å². The van der Waals surface area contributed by atoms with E-state index in [1.165, 1.54) is 4.90 Å². The predicted octanol–water partition coefficient (Wildman–Crippen LogP) is 2.58. The number of hydrogen-bond donors (Lipinski definition) is 0. The highest BCUT2D eigenvalue weighted by molar-refractivity contribution is 6.25. The molecule has 2 fully saturated rings. The zero-order valence-electron chi connectivity index (χ0n) is 14.5. The van der Waals surface area contributed by atoms with E-state index in [1.54, 1.807) is 0 Å². The standard InChI is InChI=1S/C20H22N2O3/c1-13-11-21(12-14(2)25-13)18-10-19(23)22(20(18)24)17-9-5-7-15-6-3-4-8-16(15)17/h3-9,13-14,18H,10-12H2,1-2H3/t13-,14-,18+/m0/s1. The Hall–Kier alpha value is -2.24. The summed E-state index contributed by atoms with van der Waals surface area (Å²) >= 11 is 0. The van der Waals surface area contributed by atoms with E-state index in [0.29, 0.717) is 18.8 Å². The largest absolute Gasteiger partial charge is 0.373 e. The predicted molar refractivity (Wildman–Crippen MR) is 96.4 cm³/mol. The average molecular weight is 338 g/mol. The molecule has 2 amide bonds. The second kappa shape index (κ2) is 6.24. The molecule has 2 aliphatic heterocycles. The maximum absolute atomic E-state index is 13.1. The first kappa shape index (κ1) is 16.2. The second-order valence-electron chi connectivity index (χ2n) is 7.00. The van der Waals surface area contributed by atoms with Gasteiger partial charge >= 0.3 is 0 Å². The minimum absolute atomic E-state index is 0.0678. The van der Waals surface area contributed by atoms with Crippen LogP contribution in [0.4, 0.5) is 5.69 Å². The van der Waals surface area contributed by atoms with Crippen molar-refractivity contribution in [3.8, 4) is 0 Å². The Bertz CT molecular complexity index is 819. The number of carbonyl (C=O) groups is 2. The first-order chi connectivity index (χ1) is 12.0. The number of imide groups is 1. The number of carbonyl (C=O) groups excluding carboxylic acids is 2. The average Bonchev–Trinajstić information content (AvgIpc) is 2.88. The van der Waals surface area contributed by atoms with Crippen LogP contribution in [0.1, 0.15) is 20.3 Å². The van der Waals surface area contributed by atoms with E-state index in [0.717, 1.165) is 10.8 Å². The molecule has 0 spiro atoms. The van der Waals surface area contributed by atoms with Crippen molar-refractivity contribution in [2.45, 2.75) is 38.5 Å². The summed E-state index contributed by atoms with van der Waals surface area (Å²) in [5, 5.41) is 1.95. The zero-order valence-corrected chi connectivity index (χ0v) is 14.5. The fourth-order valence-electron chi connectivity index (χ4n) is 4.03. The first-order valence-corrected chi connectivity index (χ1v) is 8.78. The van der Waals surface area contributed by atoms with Gasteiger partial charge in [-0.2, -0.15) is 0 Å². The van der Waals surface area contributed by atoms with Gasteiger partial charge in [0.2, 0.25) is 5.91 Å². The van der Waals surface area contributed by atoms with Crippen LogP contribution in [0.3, 0.4) is 0 Å². The summed E-state index contributed by atoms with van der Waals surface area (Å²) in [5.41, 5.74) is 0.685. The molecular formula is C20H22N2O3. The van der Waals surface area contributed by atoms with Gasteiger partial charge in [-0.3, -0.25) is 14.5 Å². The number of hydrogen-bond acceptors (Lipinski definition) is 4. The topological polar surface area (TPSA) is 49.9 Å². The van der Waals surface area contributed by atoms with Gasteiger partial charge in [-0.05, 0) is 25.3 Å². The molecular weight excluding hydrogens is 316 g/mol. The van der Waals surface area contributed by atoms with E-state index >= 15 is 0 Å². The normalized spacial score (nSPS) is 28.1. The van der Waals surface area contributed by atoms with Crippen LogP contribution in [0.15, 0.2) is 42.5 Å². The van der Waals surface area contributed by atoms with Crippen molar-refractivity contribution in [2.75, 3.05) is 18.0 Å². The Morgan fingerprint density at radius 1 is 0.960 bits per heavy atom. The Morgan fingerprint density at radius 3 is 2.40 bits per heavy atom. The van der Waals surface area contributed by atoms with Crippen LogP contribution in [0.2, 0.25) is 0 Å². The van der Waals surface area contributed by atoms with E-state index in [4.69, 9.17) is 4.74 Å². The molecule has 3 atom stereocenters. The van der Waals surface area contributed by atoms with Gasteiger partial charge in [0, 0.05) is 18.5 Å². The van der Waals surface area contributed by atoms with Crippen LogP contribution in [-0.2, 0) is 14.3 Å². The van der Waals surface area contributed by atoms with Crippen LogP contribution in [0.25, 0.3) is 10.8 Å². The number of morpholine rings is 1. The maximum atomic E-state index is 13.1. The van der Waals surface area contributed by atoms with Gasteiger partial charge in [0.15, 0.2) is 0 Å². The quantitative estimate of drug-likeness (QED) is 0.790. The third-order valence-corrected chi connectivity index (χ3v) is 5.02. The molecule has 0 aromatic heterocycles. The molecule has 0 N–H and O–H groups in total. The minimum Gasteiger partial charge on any atom is -0.373 e. The number of ether oxygens (including phenoxy) is 1. The molecule has 2 heterocycles. The SMILES string of the molecule is C[C@H]1CN([C@@H]2CC(=O)N(c3cccc4ccccc34)C2=O)C[C@H](C)O1. The lowest BCUT2D eigenvalue weighted by molar-refractivity contribution is -0.127. The first-order valence-electron chi connectivity index (χ1n) is 8.78. The van der Waals surface area contributed by atoms with Crippen LogP contribution < -0.4 is 4.90 Å². The summed E-state index contributed by atoms with van der Waals surface area (Å²) < 4.78 is 5.76. The third-order valence-electron chi connectivity index (χ3n) is 5.02. The van der Waals surface area contributed by atoms with Crippen molar-refractivity contribution in [1.29, 1.82) is 0 Å². The van der Waals surface area contributed by atoms with Gasteiger partial charge in [-0.25, -0.2) is 4.90 Å². The number of amides is 2. The summed E-state index contributed by atoms with van der Waals surface area (Å²) in [6, 6.07) is 13.2. The summed E-state index contributed by atoms with van der Waals surface area (Å²) in [4.78, 5) is 29.3. The highest BCUT2D eigenvalue weighted by Gasteiger charge is 2.44. The van der Waals surface area contributed by atoms with Crippen LogP contribution in [0, 0.1) is 0 Å². The van der Waals surface area contributed by atoms with Crippen LogP contribution >= 0.6 is 0 Å². The lowest BCUT2D eigenvalue weighted by Gasteiger charge is -2.37. The van der Waals surface area contributed by atoms with Gasteiger partial charge < -0.3 is 4.74 Å². The van der Waals surface area contributed by atoms with Crippen molar-refractivity contribution in [2.24, 2.45) is 0 Å². The Kier molecular flexibility index (Phi) is 4.06. The molecule has 2 saturated heterocycles. The number of benzene rings is 2. The molecule has 4 rings (SSSR count). The summed E-state index contributed by atoms with van der Waals surface area (Å²) in [6.07, 6.45) is 0.373. The summed E-state index contributed by atoms with van der Waals surface area (Å²) in [5.74, 6) is -0.249. The lowest BCUT2D eigenvalue weighted by atomic mass is 10.1. The molecule has 2 aromatic rings. The number of nitrogens with zero attached hydrogens (tertiary/aromatic N) is 2. The van der Waals surface area contributed by atoms with E-state index in [1.807, 2.05) is 56.3 Å². The van der Waals surface area contributed by atoms with Gasteiger partial charge in [0.1, 0.15) is 0 Å². The van der Waals surface area contributed by atoms with Crippen molar-refractivity contribution in [3.63, 3.8) is 0 Å². The second-order valence-corrected chi connectivity index (χ2v) is 7.00. The van der Waals surface area contributed by atoms with Crippen molar-refractivity contribution in [3.05, 3.63) is 42.5 Å². The molecule has 0 radical (unpaired) electrons. The number of fused-ring (bicyclic) bond motifs is 1. The van der Waals surface area contributed by atoms with Crippen molar-refractivity contribution in [1.82, 2.24) is 4.90 Å². The third kappa shape index (κ3) is 2.83. The molecule has 0 aliphatic carbocycles. The molecule has 0 bridgehead atoms. The summed E-state index contributed by atoms with van der Waals surface area (Å²) in [7, 11) is 0. The maximum Gasteiger partial charge on any atom is 0.251 e. The van der Waals surface area contributed by atoms with Gasteiger partial charge in [-0.15, -0.1) is 0 Å². The molecule has 130 valence electrons. The van der Waals surface area contributed by atoms with Crippen LogP contribution in [-0.4, -0.2) is 48.1 Å². The Labute approximate surface area is 147 Å². The monoisotopic (exact) mass is 338 g/mol. The zero-order chi connectivity index (χ0) is 17.6. The molecule has 2 aliphatic rings. The van der Waals surface area contributed by atoms with Gasteiger partial charge in [0.25, 0.3) is 5.91 Å². The fraction of sp³-hybridized carbons (Fsp3) is 0.400.